The van der Waals surface area contributed by atoms with Gasteiger partial charge in [-0.05, 0) is 18.1 Å². The molecule has 2 atom stereocenters. The molecule has 0 fully saturated rings. The molecule has 20 heavy (non-hydrogen) atoms. The summed E-state index contributed by atoms with van der Waals surface area (Å²) in [6.07, 6.45) is 3.42. The predicted octanol–water partition coefficient (Wildman–Crippen LogP) is 3.68. The van der Waals surface area contributed by atoms with Gasteiger partial charge in [-0.3, -0.25) is 0 Å². The number of para-hydroxylation sites is 1. The zero-order valence-electron chi connectivity index (χ0n) is 11.1. The highest BCUT2D eigenvalue weighted by molar-refractivity contribution is 7.79. The van der Waals surface area contributed by atoms with Crippen LogP contribution in [0.25, 0.3) is 6.08 Å². The minimum absolute atomic E-state index is 0.0672. The molecular weight excluding hydrogens is 272 g/mol. The molecule has 2 rings (SSSR count). The molecule has 3 nitrogen and oxygen atoms in total. The van der Waals surface area contributed by atoms with Crippen LogP contribution in [0.15, 0.2) is 54.6 Å². The molecule has 4 heteroatoms. The highest BCUT2D eigenvalue weighted by Gasteiger charge is 2.18. The number of phenolic OH excluding ortho intramolecular Hbond substituents is 1. The topological polar surface area (TPSA) is 57.5 Å². The maximum Gasteiger partial charge on any atom is 0.164 e. The molecule has 0 aromatic heterocycles. The molecule has 0 aliphatic carbocycles. The Kier molecular flexibility index (Phi) is 4.71. The maximum absolute atomic E-state index is 11.5. The molecule has 0 spiro atoms. The van der Waals surface area contributed by atoms with Crippen LogP contribution in [-0.4, -0.2) is 13.9 Å². The van der Waals surface area contributed by atoms with Crippen molar-refractivity contribution in [3.05, 3.63) is 71.3 Å². The minimum Gasteiger partial charge on any atom is -0.507 e. The molecule has 2 unspecified atom stereocenters. The van der Waals surface area contributed by atoms with Crippen LogP contribution in [0.3, 0.4) is 0 Å². The van der Waals surface area contributed by atoms with E-state index in [-0.39, 0.29) is 5.75 Å². The normalized spacial score (nSPS) is 14.3. The fraction of sp³-hybridized carbons (Fsp3) is 0.125. The van der Waals surface area contributed by atoms with E-state index in [1.165, 1.54) is 0 Å². The molecule has 0 saturated carbocycles. The average molecular weight is 288 g/mol. The third-order valence-electron chi connectivity index (χ3n) is 3.06. The number of aromatic hydroxyl groups is 1. The molecule has 2 aromatic carbocycles. The number of hydrogen-bond donors (Lipinski definition) is 2. The summed E-state index contributed by atoms with van der Waals surface area (Å²) in [6, 6.07) is 14.7. The monoisotopic (exact) mass is 288 g/mol. The molecular formula is C16H16O3S. The van der Waals surface area contributed by atoms with Crippen LogP contribution in [0, 0.1) is 6.92 Å². The Balaban J connectivity index is 2.35. The lowest BCUT2D eigenvalue weighted by atomic mass is 10.1. The SMILES string of the molecule is Cc1cccc(C(C=Cc2ccccc2)S(=O)O)c1O. The van der Waals surface area contributed by atoms with E-state index >= 15 is 0 Å². The Bertz CT molecular complexity index is 635. The van der Waals surface area contributed by atoms with Gasteiger partial charge in [0.2, 0.25) is 0 Å². The summed E-state index contributed by atoms with van der Waals surface area (Å²) in [4.78, 5) is 0. The first-order valence-corrected chi connectivity index (χ1v) is 7.38. The molecule has 0 bridgehead atoms. The van der Waals surface area contributed by atoms with E-state index in [1.807, 2.05) is 30.3 Å². The van der Waals surface area contributed by atoms with Gasteiger partial charge in [0.25, 0.3) is 0 Å². The number of aryl methyl sites for hydroxylation is 1. The fourth-order valence-corrected chi connectivity index (χ4v) is 2.57. The summed E-state index contributed by atoms with van der Waals surface area (Å²) in [5, 5.41) is 9.28. The smallest absolute Gasteiger partial charge is 0.164 e. The third kappa shape index (κ3) is 3.35. The quantitative estimate of drug-likeness (QED) is 0.844. The van der Waals surface area contributed by atoms with Crippen molar-refractivity contribution in [1.29, 1.82) is 0 Å². The summed E-state index contributed by atoms with van der Waals surface area (Å²) in [6.45, 7) is 1.76. The van der Waals surface area contributed by atoms with Gasteiger partial charge < -0.3 is 9.66 Å². The standard InChI is InChI=1S/C16H16O3S/c1-12-6-5-9-14(16(12)17)15(20(18)19)11-10-13-7-3-2-4-8-13/h2-11,15,17H,1H3,(H,18,19). The van der Waals surface area contributed by atoms with Crippen LogP contribution >= 0.6 is 0 Å². The molecule has 0 aliphatic heterocycles. The first-order valence-electron chi connectivity index (χ1n) is 6.21. The van der Waals surface area contributed by atoms with Gasteiger partial charge in [-0.1, -0.05) is 60.7 Å². The van der Waals surface area contributed by atoms with E-state index in [0.29, 0.717) is 11.1 Å². The first kappa shape index (κ1) is 14.5. The summed E-state index contributed by atoms with van der Waals surface area (Å²) in [7, 11) is 0. The Morgan fingerprint density at radius 3 is 2.45 bits per heavy atom. The largest absolute Gasteiger partial charge is 0.507 e. The van der Waals surface area contributed by atoms with Crippen LogP contribution in [0.4, 0.5) is 0 Å². The van der Waals surface area contributed by atoms with Gasteiger partial charge in [-0.15, -0.1) is 0 Å². The van der Waals surface area contributed by atoms with Gasteiger partial charge in [-0.25, -0.2) is 4.21 Å². The summed E-state index contributed by atoms with van der Waals surface area (Å²) in [5.74, 6) is 0.0672. The molecule has 0 saturated heterocycles. The van der Waals surface area contributed by atoms with Crippen molar-refractivity contribution in [2.24, 2.45) is 0 Å². The van der Waals surface area contributed by atoms with Gasteiger partial charge in [0.15, 0.2) is 11.1 Å². The van der Waals surface area contributed by atoms with Crippen LogP contribution in [0.1, 0.15) is 21.9 Å². The highest BCUT2D eigenvalue weighted by atomic mass is 32.2. The molecule has 0 aliphatic rings. The van der Waals surface area contributed by atoms with Crippen LogP contribution < -0.4 is 0 Å². The number of benzene rings is 2. The maximum atomic E-state index is 11.5. The van der Waals surface area contributed by atoms with E-state index in [4.69, 9.17) is 0 Å². The van der Waals surface area contributed by atoms with Crippen LogP contribution in [0.5, 0.6) is 5.75 Å². The minimum atomic E-state index is -2.09. The van der Waals surface area contributed by atoms with Crippen molar-refractivity contribution < 1.29 is 13.9 Å². The Labute approximate surface area is 120 Å². The Morgan fingerprint density at radius 1 is 1.10 bits per heavy atom. The summed E-state index contributed by atoms with van der Waals surface area (Å²) in [5.41, 5.74) is 2.08. The van der Waals surface area contributed by atoms with Crippen molar-refractivity contribution >= 4 is 17.2 Å². The summed E-state index contributed by atoms with van der Waals surface area (Å²) >= 11 is -2.09. The highest BCUT2D eigenvalue weighted by Crippen LogP contribution is 2.31. The molecule has 104 valence electrons. The second-order valence-electron chi connectivity index (χ2n) is 4.48. The van der Waals surface area contributed by atoms with Gasteiger partial charge in [0.1, 0.15) is 11.0 Å². The number of phenols is 1. The van der Waals surface area contributed by atoms with E-state index < -0.39 is 16.3 Å². The lowest BCUT2D eigenvalue weighted by Gasteiger charge is -2.12. The van der Waals surface area contributed by atoms with Crippen molar-refractivity contribution in [3.8, 4) is 5.75 Å². The lowest BCUT2D eigenvalue weighted by Crippen LogP contribution is -2.03. The third-order valence-corrected chi connectivity index (χ3v) is 3.90. The lowest BCUT2D eigenvalue weighted by molar-refractivity contribution is 0.463. The molecule has 0 radical (unpaired) electrons. The zero-order chi connectivity index (χ0) is 14.5. The second kappa shape index (κ2) is 6.50. The van der Waals surface area contributed by atoms with Crippen LogP contribution in [-0.2, 0) is 11.1 Å². The van der Waals surface area contributed by atoms with Gasteiger partial charge in [-0.2, -0.15) is 0 Å². The average Bonchev–Trinajstić information content (AvgIpc) is 2.44. The van der Waals surface area contributed by atoms with E-state index in [2.05, 4.69) is 0 Å². The van der Waals surface area contributed by atoms with Crippen molar-refractivity contribution in [2.75, 3.05) is 0 Å². The number of rotatable bonds is 4. The fourth-order valence-electron chi connectivity index (χ4n) is 1.95. The van der Waals surface area contributed by atoms with Crippen LogP contribution in [0.2, 0.25) is 0 Å². The van der Waals surface area contributed by atoms with Crippen molar-refractivity contribution in [2.45, 2.75) is 12.2 Å². The molecule has 2 aromatic rings. The molecule has 0 heterocycles. The Hall–Kier alpha value is -1.91. The molecule has 0 amide bonds. The summed E-state index contributed by atoms with van der Waals surface area (Å²) < 4.78 is 21.0. The zero-order valence-corrected chi connectivity index (χ0v) is 11.9. The van der Waals surface area contributed by atoms with E-state index in [1.54, 1.807) is 37.3 Å². The predicted molar refractivity (Wildman–Crippen MR) is 81.8 cm³/mol. The van der Waals surface area contributed by atoms with Crippen molar-refractivity contribution in [1.82, 2.24) is 0 Å². The van der Waals surface area contributed by atoms with Gasteiger partial charge in [0, 0.05) is 5.56 Å². The number of hydrogen-bond acceptors (Lipinski definition) is 2. The first-order chi connectivity index (χ1) is 9.59. The van der Waals surface area contributed by atoms with E-state index in [0.717, 1.165) is 5.56 Å². The Morgan fingerprint density at radius 2 is 1.80 bits per heavy atom. The van der Waals surface area contributed by atoms with E-state index in [9.17, 15) is 13.9 Å². The van der Waals surface area contributed by atoms with Crippen molar-refractivity contribution in [3.63, 3.8) is 0 Å². The molecule has 2 N–H and O–H groups in total. The van der Waals surface area contributed by atoms with Gasteiger partial charge >= 0.3 is 0 Å². The second-order valence-corrected chi connectivity index (χ2v) is 5.54. The van der Waals surface area contributed by atoms with Gasteiger partial charge in [0.05, 0.1) is 0 Å².